The lowest BCUT2D eigenvalue weighted by Gasteiger charge is -2.30. The fourth-order valence-electron chi connectivity index (χ4n) is 1.84. The molecule has 15 heavy (non-hydrogen) atoms. The summed E-state index contributed by atoms with van der Waals surface area (Å²) in [6, 6.07) is 0. The van der Waals surface area contributed by atoms with Gasteiger partial charge in [-0.15, -0.1) is 13.2 Å². The quantitative estimate of drug-likeness (QED) is 0.666. The number of rotatable bonds is 4. The van der Waals surface area contributed by atoms with Crippen molar-refractivity contribution >= 4 is 6.08 Å². The average molecular weight is 209 g/mol. The molecule has 0 aliphatic carbocycles. The average Bonchev–Trinajstić information content (AvgIpc) is 2.42. The number of hydrogen-bond donors (Lipinski definition) is 0. The molecule has 0 N–H and O–H groups in total. The Kier molecular flexibility index (Phi) is 4.40. The number of methoxy groups -OCH3 is 1. The summed E-state index contributed by atoms with van der Waals surface area (Å²) < 4.78 is 10.9. The van der Waals surface area contributed by atoms with Gasteiger partial charge in [-0.25, -0.2) is 4.99 Å². The standard InChI is InChI=1S/C12H19NO2/c1-4-7-12(8-5-2)9-6-10-13-11(14-3)15-12/h4-5H,1-2,6-10H2,3H3. The fraction of sp³-hybridized carbons (Fsp3) is 0.583. The number of ether oxygens (including phenoxy) is 2. The summed E-state index contributed by atoms with van der Waals surface area (Å²) in [6.07, 6.45) is 7.69. The highest BCUT2D eigenvalue weighted by atomic mass is 16.7. The summed E-state index contributed by atoms with van der Waals surface area (Å²) >= 11 is 0. The van der Waals surface area contributed by atoms with Crippen molar-refractivity contribution in [2.24, 2.45) is 4.99 Å². The van der Waals surface area contributed by atoms with E-state index >= 15 is 0 Å². The molecule has 0 spiro atoms. The van der Waals surface area contributed by atoms with Crippen molar-refractivity contribution in [3.8, 4) is 0 Å². The Morgan fingerprint density at radius 3 is 2.67 bits per heavy atom. The van der Waals surface area contributed by atoms with E-state index in [-0.39, 0.29) is 5.60 Å². The van der Waals surface area contributed by atoms with Crippen LogP contribution in [0.15, 0.2) is 30.3 Å². The van der Waals surface area contributed by atoms with E-state index in [1.54, 1.807) is 7.11 Å². The third-order valence-corrected chi connectivity index (χ3v) is 2.54. The van der Waals surface area contributed by atoms with Crippen molar-refractivity contribution in [1.82, 2.24) is 0 Å². The lowest BCUT2D eigenvalue weighted by molar-refractivity contribution is 0.0231. The van der Waals surface area contributed by atoms with Crippen LogP contribution in [0.4, 0.5) is 0 Å². The van der Waals surface area contributed by atoms with E-state index in [0.717, 1.165) is 32.2 Å². The van der Waals surface area contributed by atoms with Crippen molar-refractivity contribution in [2.75, 3.05) is 13.7 Å². The summed E-state index contributed by atoms with van der Waals surface area (Å²) in [5.74, 6) is 0. The molecule has 0 amide bonds. The van der Waals surface area contributed by atoms with Crippen LogP contribution < -0.4 is 0 Å². The highest BCUT2D eigenvalue weighted by molar-refractivity contribution is 5.67. The lowest BCUT2D eigenvalue weighted by Crippen LogP contribution is -2.33. The Hall–Kier alpha value is -1.25. The minimum absolute atomic E-state index is 0.255. The van der Waals surface area contributed by atoms with Gasteiger partial charge in [0.1, 0.15) is 5.60 Å². The van der Waals surface area contributed by atoms with Crippen LogP contribution in [-0.2, 0) is 9.47 Å². The number of aliphatic imine (C=N–C) groups is 1. The van der Waals surface area contributed by atoms with Crippen LogP contribution in [0.1, 0.15) is 25.7 Å². The third-order valence-electron chi connectivity index (χ3n) is 2.54. The summed E-state index contributed by atoms with van der Waals surface area (Å²) in [5, 5.41) is 0. The van der Waals surface area contributed by atoms with Crippen LogP contribution in [0, 0.1) is 0 Å². The Morgan fingerprint density at radius 2 is 2.13 bits per heavy atom. The fourth-order valence-corrected chi connectivity index (χ4v) is 1.84. The molecule has 3 heteroatoms. The zero-order valence-corrected chi connectivity index (χ0v) is 9.37. The van der Waals surface area contributed by atoms with Crippen LogP contribution in [0.5, 0.6) is 0 Å². The molecule has 0 bridgehead atoms. The minimum atomic E-state index is -0.255. The van der Waals surface area contributed by atoms with Gasteiger partial charge in [0.25, 0.3) is 0 Å². The predicted molar refractivity (Wildman–Crippen MR) is 62.0 cm³/mol. The van der Waals surface area contributed by atoms with Gasteiger partial charge in [-0.05, 0) is 12.8 Å². The van der Waals surface area contributed by atoms with Crippen molar-refractivity contribution in [2.45, 2.75) is 31.3 Å². The SMILES string of the molecule is C=CCC1(CC=C)CCCN=C(OC)O1. The lowest BCUT2D eigenvalue weighted by atomic mass is 9.90. The Balaban J connectivity index is 2.80. The molecule has 0 fully saturated rings. The highest BCUT2D eigenvalue weighted by Gasteiger charge is 2.32. The molecule has 0 saturated heterocycles. The number of nitrogens with zero attached hydrogens (tertiary/aromatic N) is 1. The monoisotopic (exact) mass is 209 g/mol. The Morgan fingerprint density at radius 1 is 1.47 bits per heavy atom. The first-order valence-electron chi connectivity index (χ1n) is 5.25. The molecule has 1 aliphatic heterocycles. The van der Waals surface area contributed by atoms with Crippen molar-refractivity contribution in [1.29, 1.82) is 0 Å². The van der Waals surface area contributed by atoms with Gasteiger partial charge in [0.15, 0.2) is 0 Å². The third kappa shape index (κ3) is 3.11. The topological polar surface area (TPSA) is 30.8 Å². The minimum Gasteiger partial charge on any atom is -0.454 e. The zero-order chi connectivity index (χ0) is 11.1. The molecule has 0 aromatic carbocycles. The maximum Gasteiger partial charge on any atom is 0.383 e. The van der Waals surface area contributed by atoms with Gasteiger partial charge in [0.05, 0.1) is 7.11 Å². The summed E-state index contributed by atoms with van der Waals surface area (Å²) in [4.78, 5) is 4.21. The second kappa shape index (κ2) is 5.59. The largest absolute Gasteiger partial charge is 0.454 e. The molecule has 0 radical (unpaired) electrons. The maximum atomic E-state index is 5.81. The normalized spacial score (nSPS) is 19.4. The zero-order valence-electron chi connectivity index (χ0n) is 9.37. The Labute approximate surface area is 91.5 Å². The second-order valence-corrected chi connectivity index (χ2v) is 3.73. The van der Waals surface area contributed by atoms with E-state index in [4.69, 9.17) is 9.47 Å². The van der Waals surface area contributed by atoms with Gasteiger partial charge in [0.2, 0.25) is 0 Å². The van der Waals surface area contributed by atoms with E-state index < -0.39 is 0 Å². The molecule has 0 saturated carbocycles. The van der Waals surface area contributed by atoms with Gasteiger partial charge < -0.3 is 9.47 Å². The first-order chi connectivity index (χ1) is 7.26. The Bertz CT molecular complexity index is 248. The molecule has 1 heterocycles. The molecule has 3 nitrogen and oxygen atoms in total. The van der Waals surface area contributed by atoms with Gasteiger partial charge >= 0.3 is 6.08 Å². The van der Waals surface area contributed by atoms with Crippen LogP contribution in [-0.4, -0.2) is 25.3 Å². The van der Waals surface area contributed by atoms with E-state index in [1.807, 2.05) is 12.2 Å². The van der Waals surface area contributed by atoms with E-state index in [2.05, 4.69) is 18.2 Å². The first-order valence-corrected chi connectivity index (χ1v) is 5.25. The molecule has 1 rings (SSSR count). The van der Waals surface area contributed by atoms with E-state index in [9.17, 15) is 0 Å². The smallest absolute Gasteiger partial charge is 0.383 e. The van der Waals surface area contributed by atoms with Gasteiger partial charge in [-0.2, -0.15) is 0 Å². The first kappa shape index (κ1) is 11.8. The molecule has 1 aliphatic rings. The van der Waals surface area contributed by atoms with Crippen molar-refractivity contribution in [3.63, 3.8) is 0 Å². The molecular formula is C12H19NO2. The van der Waals surface area contributed by atoms with Gasteiger partial charge in [0, 0.05) is 19.4 Å². The summed E-state index contributed by atoms with van der Waals surface area (Å²) in [6.45, 7) is 8.30. The highest BCUT2D eigenvalue weighted by Crippen LogP contribution is 2.30. The summed E-state index contributed by atoms with van der Waals surface area (Å²) in [7, 11) is 1.58. The maximum absolute atomic E-state index is 5.81. The molecule has 0 aromatic rings. The van der Waals surface area contributed by atoms with Crippen LogP contribution >= 0.6 is 0 Å². The molecule has 0 unspecified atom stereocenters. The van der Waals surface area contributed by atoms with Crippen LogP contribution in [0.25, 0.3) is 0 Å². The van der Waals surface area contributed by atoms with Crippen LogP contribution in [0.3, 0.4) is 0 Å². The summed E-state index contributed by atoms with van der Waals surface area (Å²) in [5.41, 5.74) is -0.255. The van der Waals surface area contributed by atoms with Crippen LogP contribution in [0.2, 0.25) is 0 Å². The molecule has 0 aromatic heterocycles. The van der Waals surface area contributed by atoms with Gasteiger partial charge in [-0.3, -0.25) is 0 Å². The predicted octanol–water partition coefficient (Wildman–Crippen LogP) is 2.69. The molecule has 0 atom stereocenters. The van der Waals surface area contributed by atoms with Crippen molar-refractivity contribution < 1.29 is 9.47 Å². The molecule has 84 valence electrons. The second-order valence-electron chi connectivity index (χ2n) is 3.73. The number of hydrogen-bond acceptors (Lipinski definition) is 3. The van der Waals surface area contributed by atoms with Gasteiger partial charge in [-0.1, -0.05) is 12.2 Å². The van der Waals surface area contributed by atoms with Crippen molar-refractivity contribution in [3.05, 3.63) is 25.3 Å². The molecular weight excluding hydrogens is 190 g/mol. The van der Waals surface area contributed by atoms with E-state index in [1.165, 1.54) is 0 Å². The van der Waals surface area contributed by atoms with E-state index in [0.29, 0.717) is 6.08 Å².